The van der Waals surface area contributed by atoms with Gasteiger partial charge in [-0.05, 0) is 55.3 Å². The van der Waals surface area contributed by atoms with E-state index >= 15 is 0 Å². The quantitative estimate of drug-likeness (QED) is 0.412. The lowest BCUT2D eigenvalue weighted by molar-refractivity contribution is -0.120. The number of hydrogen-bond donors (Lipinski definition) is 1. The van der Waals surface area contributed by atoms with Crippen LogP contribution in [-0.4, -0.2) is 19.2 Å². The fraction of sp³-hybridized carbons (Fsp3) is 0.318. The van der Waals surface area contributed by atoms with Gasteiger partial charge in [-0.3, -0.25) is 4.79 Å². The summed E-state index contributed by atoms with van der Waals surface area (Å²) in [6.07, 6.45) is 6.90. The molecule has 0 radical (unpaired) electrons. The molecule has 0 aliphatic rings. The second-order valence-electron chi connectivity index (χ2n) is 6.45. The fourth-order valence-electron chi connectivity index (χ4n) is 3.04. The Labute approximate surface area is 159 Å². The predicted molar refractivity (Wildman–Crippen MR) is 110 cm³/mol. The largest absolute Gasteiger partial charge is 0.456 e. The van der Waals surface area contributed by atoms with Gasteiger partial charge >= 0.3 is 0 Å². The number of furan rings is 1. The van der Waals surface area contributed by atoms with Crippen LogP contribution < -0.4 is 5.32 Å². The third-order valence-corrected chi connectivity index (χ3v) is 5.34. The molecule has 1 amide bonds. The number of amides is 1. The second-order valence-corrected chi connectivity index (χ2v) is 7.32. The summed E-state index contributed by atoms with van der Waals surface area (Å²) in [6, 6.07) is 17.0. The highest BCUT2D eigenvalue weighted by Gasteiger charge is 2.07. The van der Waals surface area contributed by atoms with Crippen molar-refractivity contribution in [1.82, 2.24) is 5.32 Å². The number of benzene rings is 2. The molecule has 3 aromatic rings. The van der Waals surface area contributed by atoms with Gasteiger partial charge in [0.2, 0.25) is 5.91 Å². The van der Waals surface area contributed by atoms with Crippen molar-refractivity contribution in [1.29, 1.82) is 0 Å². The van der Waals surface area contributed by atoms with Crippen LogP contribution in [0, 0.1) is 0 Å². The summed E-state index contributed by atoms with van der Waals surface area (Å²) in [5.74, 6) is 1.04. The van der Waals surface area contributed by atoms with E-state index in [4.69, 9.17) is 4.42 Å². The van der Waals surface area contributed by atoms with Crippen LogP contribution in [0.5, 0.6) is 0 Å². The summed E-state index contributed by atoms with van der Waals surface area (Å²) in [4.78, 5) is 12.4. The molecule has 0 atom stereocenters. The highest BCUT2D eigenvalue weighted by atomic mass is 32.2. The van der Waals surface area contributed by atoms with Crippen LogP contribution in [0.1, 0.15) is 31.2 Å². The van der Waals surface area contributed by atoms with Gasteiger partial charge in [-0.15, -0.1) is 11.8 Å². The van der Waals surface area contributed by atoms with Crippen molar-refractivity contribution < 1.29 is 9.21 Å². The molecule has 2 aromatic carbocycles. The van der Waals surface area contributed by atoms with Crippen molar-refractivity contribution in [3.63, 3.8) is 0 Å². The van der Waals surface area contributed by atoms with Crippen LogP contribution in [0.4, 0.5) is 0 Å². The molecule has 0 saturated heterocycles. The monoisotopic (exact) mass is 367 g/mol. The average molecular weight is 368 g/mol. The standard InChI is InChI=1S/C22H25NO2S/c1-23-22(24)7-5-3-4-6-16-8-10-17(11-9-16)21-15-18-14-19(26-2)12-13-20(18)25-21/h8-15H,3-7H2,1-2H3,(H,23,24). The zero-order valence-corrected chi connectivity index (χ0v) is 16.2. The Morgan fingerprint density at radius 3 is 2.58 bits per heavy atom. The molecule has 3 rings (SSSR count). The number of fused-ring (bicyclic) bond motifs is 1. The van der Waals surface area contributed by atoms with E-state index in [1.54, 1.807) is 18.8 Å². The zero-order valence-electron chi connectivity index (χ0n) is 15.4. The molecule has 136 valence electrons. The van der Waals surface area contributed by atoms with Gasteiger partial charge < -0.3 is 9.73 Å². The molecule has 26 heavy (non-hydrogen) atoms. The van der Waals surface area contributed by atoms with Crippen LogP contribution in [0.3, 0.4) is 0 Å². The van der Waals surface area contributed by atoms with Gasteiger partial charge in [-0.2, -0.15) is 0 Å². The average Bonchev–Trinajstić information content (AvgIpc) is 3.11. The minimum atomic E-state index is 0.129. The minimum Gasteiger partial charge on any atom is -0.456 e. The number of unbranched alkanes of at least 4 members (excludes halogenated alkanes) is 2. The molecule has 0 aliphatic heterocycles. The van der Waals surface area contributed by atoms with Gasteiger partial charge in [-0.1, -0.05) is 30.7 Å². The number of thioether (sulfide) groups is 1. The van der Waals surface area contributed by atoms with E-state index in [9.17, 15) is 4.79 Å². The molecular formula is C22H25NO2S. The Balaban J connectivity index is 1.58. The molecule has 0 bridgehead atoms. The van der Waals surface area contributed by atoms with E-state index in [-0.39, 0.29) is 5.91 Å². The summed E-state index contributed by atoms with van der Waals surface area (Å²) < 4.78 is 5.99. The van der Waals surface area contributed by atoms with Crippen molar-refractivity contribution in [2.45, 2.75) is 37.0 Å². The number of nitrogens with one attached hydrogen (secondary N) is 1. The summed E-state index contributed by atoms with van der Waals surface area (Å²) in [7, 11) is 1.69. The first-order valence-corrected chi connectivity index (χ1v) is 10.3. The van der Waals surface area contributed by atoms with Crippen LogP contribution in [0.15, 0.2) is 57.8 Å². The Bertz CT molecular complexity index is 867. The zero-order chi connectivity index (χ0) is 18.4. The van der Waals surface area contributed by atoms with Gasteiger partial charge in [0.05, 0.1) is 0 Å². The van der Waals surface area contributed by atoms with Gasteiger partial charge in [0.15, 0.2) is 0 Å². The highest BCUT2D eigenvalue weighted by Crippen LogP contribution is 2.30. The van der Waals surface area contributed by atoms with Gasteiger partial charge in [0.1, 0.15) is 11.3 Å². The smallest absolute Gasteiger partial charge is 0.219 e. The van der Waals surface area contributed by atoms with E-state index < -0.39 is 0 Å². The van der Waals surface area contributed by atoms with Gasteiger partial charge in [-0.25, -0.2) is 0 Å². The molecule has 1 N–H and O–H groups in total. The topological polar surface area (TPSA) is 42.2 Å². The minimum absolute atomic E-state index is 0.129. The Morgan fingerprint density at radius 1 is 1.04 bits per heavy atom. The number of aryl methyl sites for hydroxylation is 1. The predicted octanol–water partition coefficient (Wildman–Crippen LogP) is 5.67. The van der Waals surface area contributed by atoms with Crippen molar-refractivity contribution in [3.05, 3.63) is 54.1 Å². The second kappa shape index (κ2) is 8.95. The van der Waals surface area contributed by atoms with E-state index in [1.807, 2.05) is 6.07 Å². The summed E-state index contributed by atoms with van der Waals surface area (Å²) in [5.41, 5.74) is 3.36. The molecular weight excluding hydrogens is 342 g/mol. The first kappa shape index (κ1) is 18.6. The number of carbonyl (C=O) groups is 1. The Hall–Kier alpha value is -2.20. The molecule has 4 heteroatoms. The molecule has 0 spiro atoms. The molecule has 0 saturated carbocycles. The molecule has 0 fully saturated rings. The van der Waals surface area contributed by atoms with E-state index in [0.29, 0.717) is 6.42 Å². The fourth-order valence-corrected chi connectivity index (χ4v) is 3.49. The normalized spacial score (nSPS) is 11.0. The van der Waals surface area contributed by atoms with Crippen LogP contribution in [0.25, 0.3) is 22.3 Å². The first-order valence-electron chi connectivity index (χ1n) is 9.07. The van der Waals surface area contributed by atoms with E-state index in [1.165, 1.54) is 10.5 Å². The lowest BCUT2D eigenvalue weighted by atomic mass is 10.0. The number of hydrogen-bond acceptors (Lipinski definition) is 3. The third-order valence-electron chi connectivity index (χ3n) is 4.61. The maximum Gasteiger partial charge on any atom is 0.219 e. The Morgan fingerprint density at radius 2 is 1.85 bits per heavy atom. The van der Waals surface area contributed by atoms with E-state index in [0.717, 1.165) is 48.0 Å². The lowest BCUT2D eigenvalue weighted by Crippen LogP contribution is -2.16. The summed E-state index contributed by atoms with van der Waals surface area (Å²) in [6.45, 7) is 0. The third kappa shape index (κ3) is 4.70. The highest BCUT2D eigenvalue weighted by molar-refractivity contribution is 7.98. The van der Waals surface area contributed by atoms with Crippen LogP contribution in [-0.2, 0) is 11.2 Å². The van der Waals surface area contributed by atoms with Crippen LogP contribution in [0.2, 0.25) is 0 Å². The van der Waals surface area contributed by atoms with Crippen molar-refractivity contribution >= 4 is 28.6 Å². The maximum absolute atomic E-state index is 11.2. The van der Waals surface area contributed by atoms with Gasteiger partial charge in [0.25, 0.3) is 0 Å². The summed E-state index contributed by atoms with van der Waals surface area (Å²) in [5, 5.41) is 3.81. The molecule has 1 heterocycles. The van der Waals surface area contributed by atoms with E-state index in [2.05, 4.69) is 54.0 Å². The lowest BCUT2D eigenvalue weighted by Gasteiger charge is -2.03. The molecule has 3 nitrogen and oxygen atoms in total. The Kier molecular flexibility index (Phi) is 6.40. The number of rotatable bonds is 8. The van der Waals surface area contributed by atoms with Crippen LogP contribution >= 0.6 is 11.8 Å². The van der Waals surface area contributed by atoms with Crippen molar-refractivity contribution in [2.24, 2.45) is 0 Å². The summed E-state index contributed by atoms with van der Waals surface area (Å²) >= 11 is 1.74. The maximum atomic E-state index is 11.2. The molecule has 1 aromatic heterocycles. The SMILES string of the molecule is CNC(=O)CCCCCc1ccc(-c2cc3cc(SC)ccc3o2)cc1. The van der Waals surface area contributed by atoms with Crippen molar-refractivity contribution in [2.75, 3.05) is 13.3 Å². The first-order chi connectivity index (χ1) is 12.7. The van der Waals surface area contributed by atoms with Gasteiger partial charge in [0, 0.05) is 29.3 Å². The molecule has 0 unspecified atom stereocenters. The number of carbonyl (C=O) groups excluding carboxylic acids is 1. The van der Waals surface area contributed by atoms with Crippen molar-refractivity contribution in [3.8, 4) is 11.3 Å². The molecule has 0 aliphatic carbocycles.